The number of ether oxygens (including phenoxy) is 1. The molecule has 0 saturated heterocycles. The molecular weight excluding hydrogens is 339 g/mol. The molecule has 92 valence electrons. The van der Waals surface area contributed by atoms with Gasteiger partial charge in [0.15, 0.2) is 0 Å². The Kier molecular flexibility index (Phi) is 4.01. The van der Waals surface area contributed by atoms with Gasteiger partial charge in [-0.2, -0.15) is 0 Å². The van der Waals surface area contributed by atoms with E-state index in [1.54, 1.807) is 12.1 Å². The fraction of sp³-hybridized carbons (Fsp3) is 0.133. The van der Waals surface area contributed by atoms with Crippen LogP contribution in [0.25, 0.3) is 0 Å². The summed E-state index contributed by atoms with van der Waals surface area (Å²) in [7, 11) is 0. The van der Waals surface area contributed by atoms with Crippen LogP contribution < -0.4 is 4.74 Å². The number of hydrogen-bond acceptors (Lipinski definition) is 2. The highest BCUT2D eigenvalue weighted by atomic mass is 127. The number of halogens is 1. The lowest BCUT2D eigenvalue weighted by Crippen LogP contribution is -2.10. The second-order valence-corrected chi connectivity index (χ2v) is 5.36. The predicted molar refractivity (Wildman–Crippen MR) is 80.0 cm³/mol. The van der Waals surface area contributed by atoms with Crippen molar-refractivity contribution in [3.63, 3.8) is 0 Å². The minimum atomic E-state index is -0.316. The molecule has 0 aromatic heterocycles. The van der Waals surface area contributed by atoms with Crippen LogP contribution in [0.2, 0.25) is 0 Å². The second-order valence-electron chi connectivity index (χ2n) is 4.12. The molecule has 2 nitrogen and oxygen atoms in total. The molecule has 2 aromatic carbocycles. The van der Waals surface area contributed by atoms with Gasteiger partial charge >= 0.3 is 5.97 Å². The van der Waals surface area contributed by atoms with Crippen LogP contribution in [-0.4, -0.2) is 5.97 Å². The predicted octanol–water partition coefficient (Wildman–Crippen LogP) is 4.13. The molecule has 3 heteroatoms. The van der Waals surface area contributed by atoms with E-state index in [1.807, 2.05) is 44.2 Å². The Bertz CT molecular complexity index is 553. The minimum Gasteiger partial charge on any atom is -0.422 e. The summed E-state index contributed by atoms with van der Waals surface area (Å²) >= 11 is 2.20. The summed E-state index contributed by atoms with van der Waals surface area (Å²) in [4.78, 5) is 12.0. The van der Waals surface area contributed by atoms with Crippen LogP contribution in [0.15, 0.2) is 42.5 Å². The van der Waals surface area contributed by atoms with Crippen LogP contribution in [0.3, 0.4) is 0 Å². The third kappa shape index (κ3) is 2.90. The molecule has 0 N–H and O–H groups in total. The maximum Gasteiger partial charge on any atom is 0.343 e. The highest BCUT2D eigenvalue weighted by Crippen LogP contribution is 2.23. The van der Waals surface area contributed by atoms with Gasteiger partial charge in [0.05, 0.1) is 5.56 Å². The minimum absolute atomic E-state index is 0.316. The Morgan fingerprint density at radius 3 is 2.11 bits per heavy atom. The molecule has 0 bridgehead atoms. The van der Waals surface area contributed by atoms with Crippen LogP contribution in [0.5, 0.6) is 5.75 Å². The van der Waals surface area contributed by atoms with Crippen molar-refractivity contribution in [1.82, 2.24) is 0 Å². The molecule has 2 aromatic rings. The van der Waals surface area contributed by atoms with Crippen molar-refractivity contribution < 1.29 is 9.53 Å². The summed E-state index contributed by atoms with van der Waals surface area (Å²) in [5.74, 6) is 0.338. The largest absolute Gasteiger partial charge is 0.422 e. The number of benzene rings is 2. The van der Waals surface area contributed by atoms with E-state index in [0.29, 0.717) is 11.3 Å². The number of carbonyl (C=O) groups is 1. The first-order valence-corrected chi connectivity index (χ1v) is 6.70. The van der Waals surface area contributed by atoms with Crippen molar-refractivity contribution in [2.45, 2.75) is 13.8 Å². The fourth-order valence-corrected chi connectivity index (χ4v) is 2.06. The third-order valence-electron chi connectivity index (χ3n) is 2.68. The van der Waals surface area contributed by atoms with Gasteiger partial charge in [0, 0.05) is 3.57 Å². The Morgan fingerprint density at radius 1 is 1.00 bits per heavy atom. The molecule has 0 radical (unpaired) electrons. The van der Waals surface area contributed by atoms with Crippen molar-refractivity contribution >= 4 is 28.6 Å². The van der Waals surface area contributed by atoms with E-state index < -0.39 is 0 Å². The van der Waals surface area contributed by atoms with Crippen LogP contribution in [0.4, 0.5) is 0 Å². The maximum atomic E-state index is 12.0. The third-order valence-corrected chi connectivity index (χ3v) is 3.40. The molecule has 0 aliphatic carbocycles. The average molecular weight is 352 g/mol. The molecule has 0 unspecified atom stereocenters. The number of rotatable bonds is 2. The SMILES string of the molecule is Cc1cccc(C)c1OC(=O)c1ccc(I)cc1. The van der Waals surface area contributed by atoms with Crippen molar-refractivity contribution in [3.8, 4) is 5.75 Å². The van der Waals surface area contributed by atoms with Crippen molar-refractivity contribution in [2.75, 3.05) is 0 Å². The summed E-state index contributed by atoms with van der Waals surface area (Å²) in [6, 6.07) is 13.2. The maximum absolute atomic E-state index is 12.0. The molecule has 0 amide bonds. The summed E-state index contributed by atoms with van der Waals surface area (Å²) in [5.41, 5.74) is 2.50. The standard InChI is InChI=1S/C15H13IO2/c1-10-4-3-5-11(2)14(10)18-15(17)12-6-8-13(16)9-7-12/h3-9H,1-2H3. The van der Waals surface area contributed by atoms with Gasteiger partial charge in [0.2, 0.25) is 0 Å². The average Bonchev–Trinajstić information content (AvgIpc) is 2.34. The summed E-state index contributed by atoms with van der Waals surface area (Å²) in [6.45, 7) is 3.87. The molecule has 0 heterocycles. The van der Waals surface area contributed by atoms with Crippen LogP contribution >= 0.6 is 22.6 Å². The van der Waals surface area contributed by atoms with E-state index >= 15 is 0 Å². The lowest BCUT2D eigenvalue weighted by molar-refractivity contribution is 0.0732. The molecule has 0 aliphatic rings. The monoisotopic (exact) mass is 352 g/mol. The van der Waals surface area contributed by atoms with Crippen molar-refractivity contribution in [1.29, 1.82) is 0 Å². The lowest BCUT2D eigenvalue weighted by Gasteiger charge is -2.10. The van der Waals surface area contributed by atoms with Crippen LogP contribution in [0.1, 0.15) is 21.5 Å². The van der Waals surface area contributed by atoms with Gasteiger partial charge in [-0.25, -0.2) is 4.79 Å². The Labute approximate surface area is 120 Å². The first kappa shape index (κ1) is 13.1. The molecule has 2 rings (SSSR count). The van der Waals surface area contributed by atoms with E-state index in [-0.39, 0.29) is 5.97 Å². The molecular formula is C15H13IO2. The molecule has 0 saturated carbocycles. The highest BCUT2D eigenvalue weighted by molar-refractivity contribution is 14.1. The number of hydrogen-bond donors (Lipinski definition) is 0. The number of para-hydroxylation sites is 1. The van der Waals surface area contributed by atoms with Crippen molar-refractivity contribution in [2.24, 2.45) is 0 Å². The summed E-state index contributed by atoms with van der Waals surface area (Å²) in [5, 5.41) is 0. The van der Waals surface area contributed by atoms with Gasteiger partial charge in [0.25, 0.3) is 0 Å². The van der Waals surface area contributed by atoms with Crippen LogP contribution in [0, 0.1) is 17.4 Å². The fourth-order valence-electron chi connectivity index (χ4n) is 1.70. The Morgan fingerprint density at radius 2 is 1.56 bits per heavy atom. The quantitative estimate of drug-likeness (QED) is 0.462. The van der Waals surface area contributed by atoms with E-state index in [9.17, 15) is 4.79 Å². The first-order chi connectivity index (χ1) is 8.58. The van der Waals surface area contributed by atoms with Crippen molar-refractivity contribution in [3.05, 3.63) is 62.7 Å². The number of aryl methyl sites for hydroxylation is 2. The van der Waals surface area contributed by atoms with Gasteiger partial charge in [-0.1, -0.05) is 18.2 Å². The van der Waals surface area contributed by atoms with E-state index in [0.717, 1.165) is 14.7 Å². The first-order valence-electron chi connectivity index (χ1n) is 5.62. The summed E-state index contributed by atoms with van der Waals surface area (Å²) < 4.78 is 6.55. The van der Waals surface area contributed by atoms with Gasteiger partial charge in [-0.05, 0) is 71.8 Å². The zero-order valence-electron chi connectivity index (χ0n) is 10.2. The topological polar surface area (TPSA) is 26.3 Å². The van der Waals surface area contributed by atoms with Gasteiger partial charge in [-0.15, -0.1) is 0 Å². The molecule has 0 fully saturated rings. The highest BCUT2D eigenvalue weighted by Gasteiger charge is 2.11. The van der Waals surface area contributed by atoms with Crippen LogP contribution in [-0.2, 0) is 0 Å². The lowest BCUT2D eigenvalue weighted by atomic mass is 10.1. The van der Waals surface area contributed by atoms with Gasteiger partial charge in [0.1, 0.15) is 5.75 Å². The molecule has 0 atom stereocenters. The van der Waals surface area contributed by atoms with Gasteiger partial charge in [-0.3, -0.25) is 0 Å². The molecule has 0 spiro atoms. The summed E-state index contributed by atoms with van der Waals surface area (Å²) in [6.07, 6.45) is 0. The normalized spacial score (nSPS) is 10.2. The second kappa shape index (κ2) is 5.52. The molecule has 18 heavy (non-hydrogen) atoms. The Balaban J connectivity index is 2.24. The van der Waals surface area contributed by atoms with E-state index in [1.165, 1.54) is 0 Å². The number of carbonyl (C=O) groups excluding carboxylic acids is 1. The smallest absolute Gasteiger partial charge is 0.343 e. The van der Waals surface area contributed by atoms with Gasteiger partial charge < -0.3 is 4.74 Å². The van der Waals surface area contributed by atoms with E-state index in [2.05, 4.69) is 22.6 Å². The molecule has 0 aliphatic heterocycles. The zero-order chi connectivity index (χ0) is 13.1. The Hall–Kier alpha value is -1.36. The number of esters is 1. The zero-order valence-corrected chi connectivity index (χ0v) is 12.4. The van der Waals surface area contributed by atoms with E-state index in [4.69, 9.17) is 4.74 Å².